The standard InChI is InChI=1S/C25H29F4N3O3S/c1-24(2,3)35-23(33)32-10-7-20(31-36(30,34)25(29)8-9-25)21(32)13-15-5-4-6-19(22(15)28)16-11-17(26)14-18(27)12-16/h4-6,11-12,14,20-21H,7-10,13H2,1-3H3,(H2,30,31,34)/t20-,21-,36?/m0/s1. The minimum absolute atomic E-state index is 0.0103. The third-order valence-electron chi connectivity index (χ3n) is 6.33. The topological polar surface area (TPSA) is 82.5 Å². The zero-order chi connectivity index (χ0) is 26.5. The molecule has 3 atom stereocenters. The van der Waals surface area contributed by atoms with Gasteiger partial charge in [0.15, 0.2) is 0 Å². The van der Waals surface area contributed by atoms with Crippen LogP contribution in [-0.2, 0) is 21.1 Å². The molecule has 0 aromatic heterocycles. The van der Waals surface area contributed by atoms with Crippen molar-refractivity contribution in [1.29, 1.82) is 4.78 Å². The number of ether oxygens (including phenoxy) is 1. The van der Waals surface area contributed by atoms with Crippen LogP contribution in [0.1, 0.15) is 45.6 Å². The second kappa shape index (κ2) is 9.33. The molecule has 2 aromatic rings. The first kappa shape index (κ1) is 26.4. The molecule has 1 aliphatic heterocycles. The van der Waals surface area contributed by atoms with Crippen molar-refractivity contribution >= 4 is 16.0 Å². The summed E-state index contributed by atoms with van der Waals surface area (Å²) in [5.41, 5.74) is -0.677. The van der Waals surface area contributed by atoms with E-state index in [1.807, 2.05) is 0 Å². The van der Waals surface area contributed by atoms with E-state index in [9.17, 15) is 22.2 Å². The second-order valence-corrected chi connectivity index (χ2v) is 12.4. The Morgan fingerprint density at radius 3 is 2.42 bits per heavy atom. The summed E-state index contributed by atoms with van der Waals surface area (Å²) in [6, 6.07) is 5.56. The molecular weight excluding hydrogens is 498 g/mol. The van der Waals surface area contributed by atoms with Gasteiger partial charge in [-0.15, -0.1) is 0 Å². The molecule has 2 aromatic carbocycles. The number of nitrogens with one attached hydrogen (secondary N) is 2. The lowest BCUT2D eigenvalue weighted by Crippen LogP contribution is -2.50. The molecule has 1 aliphatic carbocycles. The van der Waals surface area contributed by atoms with Crippen LogP contribution in [0, 0.1) is 22.2 Å². The Balaban J connectivity index is 1.67. The van der Waals surface area contributed by atoms with E-state index in [0.29, 0.717) is 6.07 Å². The van der Waals surface area contributed by atoms with Crippen LogP contribution in [0.3, 0.4) is 0 Å². The van der Waals surface area contributed by atoms with E-state index in [1.165, 1.54) is 23.1 Å². The Bertz CT molecular complexity index is 1260. The van der Waals surface area contributed by atoms with Crippen LogP contribution in [-0.4, -0.2) is 44.4 Å². The number of benzene rings is 2. The molecule has 0 spiro atoms. The van der Waals surface area contributed by atoms with Gasteiger partial charge in [0.05, 0.1) is 6.04 Å². The van der Waals surface area contributed by atoms with Crippen LogP contribution < -0.4 is 4.72 Å². The van der Waals surface area contributed by atoms with E-state index in [2.05, 4.69) is 4.72 Å². The summed E-state index contributed by atoms with van der Waals surface area (Å²) >= 11 is 0. The highest BCUT2D eigenvalue weighted by molar-refractivity contribution is 7.92. The second-order valence-electron chi connectivity index (χ2n) is 10.3. The Hall–Kier alpha value is -2.66. The van der Waals surface area contributed by atoms with Gasteiger partial charge in [0, 0.05) is 24.2 Å². The van der Waals surface area contributed by atoms with Crippen molar-refractivity contribution in [3.8, 4) is 11.1 Å². The highest BCUT2D eigenvalue weighted by Crippen LogP contribution is 2.45. The molecule has 6 nitrogen and oxygen atoms in total. The molecule has 0 bridgehead atoms. The summed E-state index contributed by atoms with van der Waals surface area (Å²) in [6.45, 7) is 5.26. The van der Waals surface area contributed by atoms with Gasteiger partial charge < -0.3 is 9.64 Å². The molecular formula is C25H29F4N3O3S. The molecule has 1 saturated heterocycles. The summed E-state index contributed by atoms with van der Waals surface area (Å²) < 4.78 is 86.7. The van der Waals surface area contributed by atoms with E-state index < -0.39 is 56.1 Å². The smallest absolute Gasteiger partial charge is 0.410 e. The highest BCUT2D eigenvalue weighted by atomic mass is 32.2. The van der Waals surface area contributed by atoms with Gasteiger partial charge in [0.25, 0.3) is 0 Å². The monoisotopic (exact) mass is 527 g/mol. The van der Waals surface area contributed by atoms with E-state index in [4.69, 9.17) is 9.52 Å². The van der Waals surface area contributed by atoms with Crippen LogP contribution in [0.15, 0.2) is 36.4 Å². The SMILES string of the molecule is CC(C)(C)OC(=O)N1CC[C@H](NS(=N)(=O)C2(F)CC2)[C@@H]1Cc1cccc(-c2cc(F)cc(F)c2)c1F. The van der Waals surface area contributed by atoms with Crippen molar-refractivity contribution in [2.75, 3.05) is 6.54 Å². The van der Waals surface area contributed by atoms with Gasteiger partial charge >= 0.3 is 6.09 Å². The van der Waals surface area contributed by atoms with Crippen molar-refractivity contribution in [3.63, 3.8) is 0 Å². The van der Waals surface area contributed by atoms with Crippen molar-refractivity contribution < 1.29 is 31.3 Å². The quantitative estimate of drug-likeness (QED) is 0.473. The summed E-state index contributed by atoms with van der Waals surface area (Å²) in [7, 11) is -3.82. The Morgan fingerprint density at radius 2 is 1.83 bits per heavy atom. The highest BCUT2D eigenvalue weighted by Gasteiger charge is 2.54. The number of likely N-dealkylation sites (tertiary alicyclic amines) is 1. The molecule has 1 heterocycles. The minimum Gasteiger partial charge on any atom is -0.444 e. The fraction of sp³-hybridized carbons (Fsp3) is 0.480. The lowest BCUT2D eigenvalue weighted by atomic mass is 9.96. The number of hydrogen-bond donors (Lipinski definition) is 2. The number of alkyl halides is 1. The molecule has 36 heavy (non-hydrogen) atoms. The number of halogens is 4. The number of rotatable bonds is 6. The number of amides is 1. The molecule has 4 rings (SSSR count). The van der Waals surface area contributed by atoms with Gasteiger partial charge in [-0.25, -0.2) is 36.1 Å². The largest absolute Gasteiger partial charge is 0.444 e. The average molecular weight is 528 g/mol. The Morgan fingerprint density at radius 1 is 1.19 bits per heavy atom. The Kier molecular flexibility index (Phi) is 6.85. The first-order valence-corrected chi connectivity index (χ1v) is 13.2. The summed E-state index contributed by atoms with van der Waals surface area (Å²) in [5, 5.41) is -2.12. The maximum Gasteiger partial charge on any atom is 0.410 e. The average Bonchev–Trinajstić information content (AvgIpc) is 3.40. The van der Waals surface area contributed by atoms with Crippen molar-refractivity contribution in [3.05, 3.63) is 59.4 Å². The van der Waals surface area contributed by atoms with Crippen molar-refractivity contribution in [2.24, 2.45) is 0 Å². The van der Waals surface area contributed by atoms with Crippen LogP contribution >= 0.6 is 0 Å². The van der Waals surface area contributed by atoms with E-state index >= 15 is 4.39 Å². The zero-order valence-electron chi connectivity index (χ0n) is 20.2. The molecule has 2 aliphatic rings. The molecule has 2 fully saturated rings. The normalized spacial score (nSPS) is 22.8. The fourth-order valence-corrected chi connectivity index (χ4v) is 5.98. The lowest BCUT2D eigenvalue weighted by Gasteiger charge is -2.31. The third kappa shape index (κ3) is 5.51. The number of carbonyl (C=O) groups is 1. The molecule has 1 amide bonds. The van der Waals surface area contributed by atoms with E-state index in [-0.39, 0.29) is 48.9 Å². The van der Waals surface area contributed by atoms with Crippen LogP contribution in [0.5, 0.6) is 0 Å². The van der Waals surface area contributed by atoms with Gasteiger partial charge in [-0.05, 0) is 69.7 Å². The van der Waals surface area contributed by atoms with Gasteiger partial charge in [0.1, 0.15) is 33.0 Å². The first-order chi connectivity index (χ1) is 16.7. The van der Waals surface area contributed by atoms with E-state index in [1.54, 1.807) is 20.8 Å². The molecule has 0 radical (unpaired) electrons. The lowest BCUT2D eigenvalue weighted by molar-refractivity contribution is 0.0218. The maximum absolute atomic E-state index is 15.6. The third-order valence-corrected chi connectivity index (χ3v) is 8.40. The summed E-state index contributed by atoms with van der Waals surface area (Å²) in [6.07, 6.45) is -0.471. The number of carbonyl (C=O) groups excluding carboxylic acids is 1. The van der Waals surface area contributed by atoms with Crippen molar-refractivity contribution in [2.45, 2.75) is 69.1 Å². The summed E-state index contributed by atoms with van der Waals surface area (Å²) in [4.78, 5) is 14.3. The molecule has 1 unspecified atom stereocenters. The number of nitrogens with zero attached hydrogens (tertiary/aromatic N) is 1. The van der Waals surface area contributed by atoms with E-state index in [0.717, 1.165) is 12.1 Å². The van der Waals surface area contributed by atoms with Gasteiger partial charge in [-0.1, -0.05) is 18.2 Å². The molecule has 11 heteroatoms. The van der Waals surface area contributed by atoms with Crippen LogP contribution in [0.2, 0.25) is 0 Å². The first-order valence-electron chi connectivity index (χ1n) is 11.7. The van der Waals surface area contributed by atoms with Crippen LogP contribution in [0.25, 0.3) is 11.1 Å². The predicted octanol–water partition coefficient (Wildman–Crippen LogP) is 5.70. The van der Waals surface area contributed by atoms with Gasteiger partial charge in [-0.2, -0.15) is 0 Å². The molecule has 1 saturated carbocycles. The van der Waals surface area contributed by atoms with Crippen LogP contribution in [0.4, 0.5) is 22.4 Å². The minimum atomic E-state index is -3.82. The fourth-order valence-electron chi connectivity index (χ4n) is 4.39. The number of hydrogen-bond acceptors (Lipinski definition) is 4. The Labute approximate surface area is 208 Å². The summed E-state index contributed by atoms with van der Waals surface area (Å²) in [5.74, 6) is -2.43. The van der Waals surface area contributed by atoms with Gasteiger partial charge in [-0.3, -0.25) is 0 Å². The molecule has 196 valence electrons. The molecule has 2 N–H and O–H groups in total. The zero-order valence-corrected chi connectivity index (χ0v) is 21.1. The van der Waals surface area contributed by atoms with Crippen molar-refractivity contribution in [1.82, 2.24) is 9.62 Å². The van der Waals surface area contributed by atoms with Gasteiger partial charge in [0.2, 0.25) is 5.00 Å². The maximum atomic E-state index is 15.6. The predicted molar refractivity (Wildman–Crippen MR) is 128 cm³/mol.